The number of carbonyl (C=O) groups excluding carboxylic acids is 2. The monoisotopic (exact) mass is 594 g/mol. The number of rotatable bonds is 6. The largest absolute Gasteiger partial charge is 0.333 e. The topological polar surface area (TPSA) is 142 Å². The van der Waals surface area contributed by atoms with E-state index in [0.29, 0.717) is 5.56 Å². The van der Waals surface area contributed by atoms with E-state index in [9.17, 15) is 30.8 Å². The van der Waals surface area contributed by atoms with Crippen LogP contribution in [0.25, 0.3) is 0 Å². The number of nitrogens with one attached hydrogen (secondary N) is 2. The number of hydrogen-bond donors (Lipinski definition) is 2. The van der Waals surface area contributed by atoms with Crippen molar-refractivity contribution in [3.05, 3.63) is 46.1 Å². The van der Waals surface area contributed by atoms with E-state index in [4.69, 9.17) is 0 Å². The molecular weight excluding hydrogens is 567 g/mol. The molecule has 39 heavy (non-hydrogen) atoms. The lowest BCUT2D eigenvalue weighted by molar-refractivity contribution is -0.153. The molecule has 4 aliphatic rings. The SMILES string of the molecule is Cc1cc(CN2C(=O)C(C3=NS(=O)(=O)c4c(CNS(C)(=O)=O)csc4N3)C(=O)[C@@H]3[C@H]4CC[C@H](C4)[C@@H]32)ccc1F. The fourth-order valence-corrected chi connectivity index (χ4v) is 9.76. The highest BCUT2D eigenvalue weighted by Gasteiger charge is 2.60. The van der Waals surface area contributed by atoms with Gasteiger partial charge in [-0.3, -0.25) is 9.59 Å². The van der Waals surface area contributed by atoms with Crippen LogP contribution in [0.15, 0.2) is 32.9 Å². The Kier molecular flexibility index (Phi) is 6.25. The summed E-state index contributed by atoms with van der Waals surface area (Å²) in [4.78, 5) is 29.4. The van der Waals surface area contributed by atoms with Crippen molar-refractivity contribution < 1.29 is 30.8 Å². The molecule has 10 nitrogen and oxygen atoms in total. The van der Waals surface area contributed by atoms with Crippen LogP contribution in [0.5, 0.6) is 0 Å². The van der Waals surface area contributed by atoms with Crippen LogP contribution >= 0.6 is 11.3 Å². The zero-order chi connectivity index (χ0) is 27.9. The summed E-state index contributed by atoms with van der Waals surface area (Å²) in [5, 5.41) is 4.61. The Hall–Kier alpha value is -2.68. The summed E-state index contributed by atoms with van der Waals surface area (Å²) in [6, 6.07) is 4.38. The van der Waals surface area contributed by atoms with Crippen molar-refractivity contribution in [2.24, 2.45) is 28.1 Å². The van der Waals surface area contributed by atoms with Gasteiger partial charge in [0.25, 0.3) is 10.0 Å². The Morgan fingerprint density at radius 2 is 1.97 bits per heavy atom. The summed E-state index contributed by atoms with van der Waals surface area (Å²) in [6.07, 6.45) is 3.61. The summed E-state index contributed by atoms with van der Waals surface area (Å²) in [5.41, 5.74) is 1.40. The molecule has 2 aliphatic carbocycles. The third kappa shape index (κ3) is 4.50. The Bertz CT molecular complexity index is 1650. The number of hydrogen-bond acceptors (Lipinski definition) is 8. The molecule has 208 valence electrons. The van der Waals surface area contributed by atoms with Crippen molar-refractivity contribution in [3.63, 3.8) is 0 Å². The molecule has 2 N–H and O–H groups in total. The zero-order valence-corrected chi connectivity index (χ0v) is 23.6. The number of carbonyl (C=O) groups is 2. The van der Waals surface area contributed by atoms with Gasteiger partial charge in [-0.1, -0.05) is 12.1 Å². The molecule has 1 aromatic carbocycles. The lowest BCUT2D eigenvalue weighted by Crippen LogP contribution is -2.61. The summed E-state index contributed by atoms with van der Waals surface area (Å²) in [7, 11) is -7.89. The number of anilines is 1. The number of sulfonamides is 2. The lowest BCUT2D eigenvalue weighted by Gasteiger charge is -2.45. The van der Waals surface area contributed by atoms with Gasteiger partial charge >= 0.3 is 0 Å². The van der Waals surface area contributed by atoms with Crippen LogP contribution in [-0.4, -0.2) is 51.6 Å². The smallest absolute Gasteiger partial charge is 0.287 e. The highest BCUT2D eigenvalue weighted by Crippen LogP contribution is 2.54. The molecular formula is C25H27FN4O6S3. The highest BCUT2D eigenvalue weighted by atomic mass is 32.2. The molecule has 0 spiro atoms. The first kappa shape index (κ1) is 26.5. The third-order valence-corrected chi connectivity index (χ3v) is 11.4. The zero-order valence-electron chi connectivity index (χ0n) is 21.2. The summed E-state index contributed by atoms with van der Waals surface area (Å²) in [6.45, 7) is 1.59. The van der Waals surface area contributed by atoms with Crippen LogP contribution in [0, 0.1) is 36.4 Å². The second-order valence-electron chi connectivity index (χ2n) is 10.8. The van der Waals surface area contributed by atoms with E-state index in [2.05, 4.69) is 14.4 Å². The van der Waals surface area contributed by atoms with E-state index in [0.717, 1.165) is 42.4 Å². The Labute approximate surface area is 229 Å². The first-order valence-electron chi connectivity index (χ1n) is 12.6. The normalized spacial score (nSPS) is 29.2. The van der Waals surface area contributed by atoms with Crippen molar-refractivity contribution in [1.82, 2.24) is 9.62 Å². The minimum Gasteiger partial charge on any atom is -0.333 e. The van der Waals surface area contributed by atoms with E-state index < -0.39 is 37.8 Å². The van der Waals surface area contributed by atoms with Gasteiger partial charge in [0, 0.05) is 30.6 Å². The number of aryl methyl sites for hydroxylation is 1. The van der Waals surface area contributed by atoms with Gasteiger partial charge in [-0.05, 0) is 60.6 Å². The molecule has 6 rings (SSSR count). The number of fused-ring (bicyclic) bond motifs is 6. The molecule has 2 aliphatic heterocycles. The van der Waals surface area contributed by atoms with Crippen molar-refractivity contribution >= 4 is 53.9 Å². The van der Waals surface area contributed by atoms with Gasteiger partial charge < -0.3 is 10.2 Å². The van der Waals surface area contributed by atoms with Crippen molar-refractivity contribution in [3.8, 4) is 0 Å². The number of piperidine rings is 1. The van der Waals surface area contributed by atoms with Gasteiger partial charge in [-0.15, -0.1) is 15.7 Å². The molecule has 1 amide bonds. The molecule has 14 heteroatoms. The number of Topliss-reactive ketones (excluding diaryl/α,β-unsaturated/α-hetero) is 1. The number of amides is 1. The van der Waals surface area contributed by atoms with Gasteiger partial charge in [0.1, 0.15) is 21.5 Å². The Balaban J connectivity index is 1.36. The maximum absolute atomic E-state index is 14.0. The number of likely N-dealkylation sites (tertiary alicyclic amines) is 1. The van der Waals surface area contributed by atoms with Crippen molar-refractivity contribution in [1.29, 1.82) is 0 Å². The number of nitrogens with zero attached hydrogens (tertiary/aromatic N) is 2. The standard InChI is InChI=1S/C25H27FN4O6S3/c1-12-7-13(3-6-17(12)26)10-30-20-15-5-4-14(8-15)18(20)21(31)19(25(30)32)23-28-24-22(39(35,36)29-23)16(11-37-24)9-27-38(2,33)34/h3,6-7,11,14-15,18-20,27H,4-5,8-10H2,1-2H3,(H,28,29)/t14-,15+,18+,19?,20-/m0/s1. The minimum atomic E-state index is -4.33. The average molecular weight is 595 g/mol. The molecule has 5 atom stereocenters. The maximum atomic E-state index is 14.0. The average Bonchev–Trinajstić information content (AvgIpc) is 3.57. The van der Waals surface area contributed by atoms with Crippen LogP contribution in [-0.2, 0) is 42.7 Å². The molecule has 3 fully saturated rings. The molecule has 1 unspecified atom stereocenters. The van der Waals surface area contributed by atoms with Crippen LogP contribution in [0.2, 0.25) is 0 Å². The Morgan fingerprint density at radius 1 is 1.23 bits per heavy atom. The first-order valence-corrected chi connectivity index (χ1v) is 16.8. The van der Waals surface area contributed by atoms with E-state index in [1.165, 1.54) is 11.4 Å². The van der Waals surface area contributed by atoms with Crippen molar-refractivity contribution in [2.45, 2.75) is 50.2 Å². The summed E-state index contributed by atoms with van der Waals surface area (Å²) >= 11 is 1.04. The fraction of sp³-hybridized carbons (Fsp3) is 0.480. The van der Waals surface area contributed by atoms with Gasteiger partial charge in [0.05, 0.1) is 6.26 Å². The number of thiophene rings is 1. The van der Waals surface area contributed by atoms with E-state index >= 15 is 0 Å². The first-order chi connectivity index (χ1) is 18.3. The van der Waals surface area contributed by atoms with Gasteiger partial charge in [0.15, 0.2) is 11.7 Å². The minimum absolute atomic E-state index is 0.118. The predicted octanol–water partition coefficient (Wildman–Crippen LogP) is 2.40. The van der Waals surface area contributed by atoms with Crippen LogP contribution < -0.4 is 10.0 Å². The quantitative estimate of drug-likeness (QED) is 0.489. The molecule has 2 aromatic rings. The Morgan fingerprint density at radius 3 is 2.69 bits per heavy atom. The number of benzene rings is 1. The second-order valence-corrected chi connectivity index (χ2v) is 15.1. The lowest BCUT2D eigenvalue weighted by atomic mass is 9.73. The van der Waals surface area contributed by atoms with Crippen LogP contribution in [0.1, 0.15) is 36.0 Å². The van der Waals surface area contributed by atoms with Crippen molar-refractivity contribution in [2.75, 3.05) is 11.6 Å². The summed E-state index contributed by atoms with van der Waals surface area (Å²) in [5.74, 6) is -2.93. The fourth-order valence-electron chi connectivity index (χ4n) is 6.70. The summed E-state index contributed by atoms with van der Waals surface area (Å²) < 4.78 is 69.7. The van der Waals surface area contributed by atoms with E-state index in [-0.39, 0.29) is 63.9 Å². The molecule has 1 aromatic heterocycles. The molecule has 1 saturated heterocycles. The van der Waals surface area contributed by atoms with Gasteiger partial charge in [-0.25, -0.2) is 17.5 Å². The molecule has 2 bridgehead atoms. The van der Waals surface area contributed by atoms with Crippen LogP contribution in [0.4, 0.5) is 9.39 Å². The number of halogens is 1. The molecule has 0 radical (unpaired) electrons. The van der Waals surface area contributed by atoms with E-state index in [1.807, 2.05) is 0 Å². The van der Waals surface area contributed by atoms with Gasteiger partial charge in [0.2, 0.25) is 15.9 Å². The third-order valence-electron chi connectivity index (χ3n) is 8.28. The van der Waals surface area contributed by atoms with E-state index in [1.54, 1.807) is 24.0 Å². The molecule has 2 saturated carbocycles. The highest BCUT2D eigenvalue weighted by molar-refractivity contribution is 7.91. The predicted molar refractivity (Wildman–Crippen MR) is 143 cm³/mol. The number of amidine groups is 1. The van der Waals surface area contributed by atoms with Crippen LogP contribution in [0.3, 0.4) is 0 Å². The molecule has 3 heterocycles. The number of ketones is 1. The maximum Gasteiger partial charge on any atom is 0.287 e. The second kappa shape index (κ2) is 9.18. The van der Waals surface area contributed by atoms with Gasteiger partial charge in [-0.2, -0.15) is 8.42 Å².